The van der Waals surface area contributed by atoms with E-state index in [4.69, 9.17) is 21.1 Å². The molecule has 0 spiro atoms. The van der Waals surface area contributed by atoms with Crippen molar-refractivity contribution in [1.82, 2.24) is 5.32 Å². The van der Waals surface area contributed by atoms with E-state index in [-0.39, 0.29) is 6.79 Å². The molecule has 0 bridgehead atoms. The van der Waals surface area contributed by atoms with Crippen LogP contribution in [0.25, 0.3) is 0 Å². The highest BCUT2D eigenvalue weighted by Crippen LogP contribution is 2.39. The molecule has 4 heteroatoms. The van der Waals surface area contributed by atoms with Crippen molar-refractivity contribution >= 4 is 11.6 Å². The number of halogens is 1. The van der Waals surface area contributed by atoms with Crippen LogP contribution in [0.2, 0.25) is 5.02 Å². The maximum atomic E-state index is 6.12. The third-order valence-electron chi connectivity index (χ3n) is 2.95. The number of hydrogen-bond acceptors (Lipinski definition) is 3. The molecule has 18 heavy (non-hydrogen) atoms. The largest absolute Gasteiger partial charge is 0.454 e. The van der Waals surface area contributed by atoms with Gasteiger partial charge in [-0.1, -0.05) is 25.4 Å². The summed E-state index contributed by atoms with van der Waals surface area (Å²) in [7, 11) is 0. The Morgan fingerprint density at radius 2 is 2.17 bits per heavy atom. The van der Waals surface area contributed by atoms with Crippen LogP contribution < -0.4 is 14.8 Å². The Labute approximate surface area is 113 Å². The average molecular weight is 270 g/mol. The van der Waals surface area contributed by atoms with Crippen molar-refractivity contribution in [1.29, 1.82) is 0 Å². The molecule has 3 nitrogen and oxygen atoms in total. The van der Waals surface area contributed by atoms with Crippen LogP contribution in [0, 0.1) is 5.92 Å². The van der Waals surface area contributed by atoms with E-state index in [2.05, 4.69) is 19.2 Å². The molecule has 0 radical (unpaired) electrons. The highest BCUT2D eigenvalue weighted by Gasteiger charge is 2.17. The lowest BCUT2D eigenvalue weighted by Crippen LogP contribution is -2.15. The predicted octanol–water partition coefficient (Wildman–Crippen LogP) is 3.59. The molecule has 1 aliphatic heterocycles. The minimum atomic E-state index is 0.264. The molecule has 0 saturated heterocycles. The van der Waals surface area contributed by atoms with Gasteiger partial charge in [0.15, 0.2) is 11.5 Å². The fourth-order valence-electron chi connectivity index (χ4n) is 1.99. The first-order valence-electron chi connectivity index (χ1n) is 6.45. The number of benzene rings is 1. The minimum absolute atomic E-state index is 0.264. The first-order valence-corrected chi connectivity index (χ1v) is 6.83. The summed E-state index contributed by atoms with van der Waals surface area (Å²) in [5, 5.41) is 4.05. The second-order valence-corrected chi connectivity index (χ2v) is 5.43. The third-order valence-corrected chi connectivity index (χ3v) is 3.23. The number of ether oxygens (including phenoxy) is 2. The van der Waals surface area contributed by atoms with E-state index in [1.54, 1.807) is 0 Å². The smallest absolute Gasteiger partial charge is 0.231 e. The van der Waals surface area contributed by atoms with Gasteiger partial charge in [0.05, 0.1) is 5.02 Å². The molecule has 1 aromatic carbocycles. The van der Waals surface area contributed by atoms with E-state index >= 15 is 0 Å². The summed E-state index contributed by atoms with van der Waals surface area (Å²) >= 11 is 6.12. The third kappa shape index (κ3) is 3.53. The van der Waals surface area contributed by atoms with E-state index in [0.717, 1.165) is 30.3 Å². The number of rotatable bonds is 6. The quantitative estimate of drug-likeness (QED) is 0.801. The van der Waals surface area contributed by atoms with Gasteiger partial charge in [-0.3, -0.25) is 0 Å². The van der Waals surface area contributed by atoms with E-state index in [0.29, 0.717) is 10.8 Å². The molecule has 0 saturated carbocycles. The lowest BCUT2D eigenvalue weighted by molar-refractivity contribution is 0.174. The van der Waals surface area contributed by atoms with Crippen LogP contribution in [0.5, 0.6) is 11.5 Å². The van der Waals surface area contributed by atoms with E-state index < -0.39 is 0 Å². The molecule has 0 aromatic heterocycles. The molecule has 1 heterocycles. The lowest BCUT2D eigenvalue weighted by atomic mass is 10.1. The van der Waals surface area contributed by atoms with Gasteiger partial charge in [0.1, 0.15) is 0 Å². The SMILES string of the molecule is CC(C)CCCNCc1cc(Cl)c2c(c1)OCO2. The Balaban J connectivity index is 1.81. The molecule has 0 amide bonds. The van der Waals surface area contributed by atoms with E-state index in [1.807, 2.05) is 12.1 Å². The molecule has 0 aliphatic carbocycles. The highest BCUT2D eigenvalue weighted by atomic mass is 35.5. The fourth-order valence-corrected chi connectivity index (χ4v) is 2.28. The average Bonchev–Trinajstić information content (AvgIpc) is 2.77. The molecule has 0 atom stereocenters. The monoisotopic (exact) mass is 269 g/mol. The molecule has 1 aromatic rings. The van der Waals surface area contributed by atoms with Gasteiger partial charge in [0.2, 0.25) is 6.79 Å². The van der Waals surface area contributed by atoms with Gasteiger partial charge in [-0.2, -0.15) is 0 Å². The number of fused-ring (bicyclic) bond motifs is 1. The van der Waals surface area contributed by atoms with Crippen molar-refractivity contribution in [2.45, 2.75) is 33.2 Å². The van der Waals surface area contributed by atoms with Crippen LogP contribution in [0.1, 0.15) is 32.3 Å². The zero-order chi connectivity index (χ0) is 13.0. The minimum Gasteiger partial charge on any atom is -0.454 e. The zero-order valence-electron chi connectivity index (χ0n) is 11.0. The summed E-state index contributed by atoms with van der Waals surface area (Å²) in [5.41, 5.74) is 1.13. The van der Waals surface area contributed by atoms with Gasteiger partial charge < -0.3 is 14.8 Å². The summed E-state index contributed by atoms with van der Waals surface area (Å²) in [5.74, 6) is 2.19. The summed E-state index contributed by atoms with van der Waals surface area (Å²) < 4.78 is 10.6. The van der Waals surface area contributed by atoms with Gasteiger partial charge in [0, 0.05) is 6.54 Å². The standard InChI is InChI=1S/C14H20ClNO2/c1-10(2)4-3-5-16-8-11-6-12(15)14-13(7-11)17-9-18-14/h6-7,10,16H,3-5,8-9H2,1-2H3. The molecule has 0 unspecified atom stereocenters. The molecular formula is C14H20ClNO2. The Bertz CT molecular complexity index is 407. The van der Waals surface area contributed by atoms with Crippen molar-refractivity contribution in [3.8, 4) is 11.5 Å². The van der Waals surface area contributed by atoms with E-state index in [9.17, 15) is 0 Å². The summed E-state index contributed by atoms with van der Waals surface area (Å²) in [6.07, 6.45) is 2.46. The number of hydrogen-bond donors (Lipinski definition) is 1. The predicted molar refractivity (Wildman–Crippen MR) is 73.4 cm³/mol. The lowest BCUT2D eigenvalue weighted by Gasteiger charge is -2.08. The molecule has 100 valence electrons. The van der Waals surface area contributed by atoms with Crippen LogP contribution in [0.3, 0.4) is 0 Å². The Hall–Kier alpha value is -0.930. The van der Waals surface area contributed by atoms with Gasteiger partial charge in [0.25, 0.3) is 0 Å². The van der Waals surface area contributed by atoms with Crippen molar-refractivity contribution in [2.75, 3.05) is 13.3 Å². The zero-order valence-corrected chi connectivity index (χ0v) is 11.7. The Kier molecular flexibility index (Phi) is 4.72. The normalized spacial score (nSPS) is 13.3. The first-order chi connectivity index (χ1) is 8.66. The molecule has 0 fully saturated rings. The van der Waals surface area contributed by atoms with Crippen molar-refractivity contribution < 1.29 is 9.47 Å². The van der Waals surface area contributed by atoms with Crippen molar-refractivity contribution in [3.05, 3.63) is 22.7 Å². The van der Waals surface area contributed by atoms with Crippen molar-refractivity contribution in [2.24, 2.45) is 5.92 Å². The fraction of sp³-hybridized carbons (Fsp3) is 0.571. The van der Waals surface area contributed by atoms with E-state index in [1.165, 1.54) is 12.8 Å². The maximum Gasteiger partial charge on any atom is 0.231 e. The van der Waals surface area contributed by atoms with Gasteiger partial charge >= 0.3 is 0 Å². The number of nitrogens with one attached hydrogen (secondary N) is 1. The van der Waals surface area contributed by atoms with Gasteiger partial charge in [-0.15, -0.1) is 0 Å². The molecule has 2 rings (SSSR count). The summed E-state index contributed by atoms with van der Waals surface area (Å²) in [6.45, 7) is 6.61. The Morgan fingerprint density at radius 1 is 1.33 bits per heavy atom. The molecule has 1 N–H and O–H groups in total. The molecule has 1 aliphatic rings. The van der Waals surface area contributed by atoms with Gasteiger partial charge in [-0.25, -0.2) is 0 Å². The van der Waals surface area contributed by atoms with Crippen LogP contribution in [-0.4, -0.2) is 13.3 Å². The van der Waals surface area contributed by atoms with Crippen LogP contribution >= 0.6 is 11.6 Å². The van der Waals surface area contributed by atoms with Crippen LogP contribution in [-0.2, 0) is 6.54 Å². The topological polar surface area (TPSA) is 30.5 Å². The Morgan fingerprint density at radius 3 is 2.94 bits per heavy atom. The summed E-state index contributed by atoms with van der Waals surface area (Å²) in [4.78, 5) is 0. The van der Waals surface area contributed by atoms with Crippen LogP contribution in [0.4, 0.5) is 0 Å². The summed E-state index contributed by atoms with van der Waals surface area (Å²) in [6, 6.07) is 3.92. The van der Waals surface area contributed by atoms with Crippen molar-refractivity contribution in [3.63, 3.8) is 0 Å². The highest BCUT2D eigenvalue weighted by molar-refractivity contribution is 6.32. The van der Waals surface area contributed by atoms with Gasteiger partial charge in [-0.05, 0) is 43.0 Å². The maximum absolute atomic E-state index is 6.12. The second-order valence-electron chi connectivity index (χ2n) is 5.02. The second kappa shape index (κ2) is 6.30. The van der Waals surface area contributed by atoms with Crippen LogP contribution in [0.15, 0.2) is 12.1 Å². The molecular weight excluding hydrogens is 250 g/mol. The first kappa shape index (κ1) is 13.5.